The van der Waals surface area contributed by atoms with Gasteiger partial charge in [0.2, 0.25) is 5.96 Å². The van der Waals surface area contributed by atoms with Gasteiger partial charge in [0.15, 0.2) is 5.96 Å². The van der Waals surface area contributed by atoms with Gasteiger partial charge >= 0.3 is 0 Å². The molecule has 0 unspecified atom stereocenters. The number of thiophene rings is 1. The summed E-state index contributed by atoms with van der Waals surface area (Å²) < 4.78 is 0. The molecule has 0 spiro atoms. The molecule has 2 rings (SSSR count). The number of aliphatic imine (C=N–C) groups is 2. The molecule has 0 aliphatic rings. The van der Waals surface area contributed by atoms with Crippen LogP contribution in [-0.2, 0) is 0 Å². The number of guanidine groups is 2. The van der Waals surface area contributed by atoms with E-state index in [1.807, 2.05) is 35.7 Å². The van der Waals surface area contributed by atoms with Crippen LogP contribution in [0, 0.1) is 0 Å². The third-order valence-electron chi connectivity index (χ3n) is 2.19. The molecule has 5 nitrogen and oxygen atoms in total. The highest BCUT2D eigenvalue weighted by atomic mass is 32.1. The van der Waals surface area contributed by atoms with E-state index in [4.69, 9.17) is 17.2 Å². The van der Waals surface area contributed by atoms with Gasteiger partial charge in [0.05, 0.1) is 5.69 Å². The highest BCUT2D eigenvalue weighted by Gasteiger charge is 1.99. The molecule has 18 heavy (non-hydrogen) atoms. The largest absolute Gasteiger partial charge is 0.370 e. The van der Waals surface area contributed by atoms with E-state index in [9.17, 15) is 0 Å². The lowest BCUT2D eigenvalue weighted by atomic mass is 10.1. The number of hydrogen-bond donors (Lipinski definition) is 3. The maximum atomic E-state index is 5.58. The average molecular weight is 259 g/mol. The van der Waals surface area contributed by atoms with Crippen molar-refractivity contribution in [1.29, 1.82) is 0 Å². The van der Waals surface area contributed by atoms with Crippen molar-refractivity contribution in [3.05, 3.63) is 41.1 Å². The summed E-state index contributed by atoms with van der Waals surface area (Å²) in [6.07, 6.45) is 0. The molecule has 2 aromatic rings. The molecular formula is C12H13N5S. The molecule has 0 bridgehead atoms. The van der Waals surface area contributed by atoms with Gasteiger partial charge in [-0.15, -0.1) is 0 Å². The first-order valence-corrected chi connectivity index (χ1v) is 6.16. The highest BCUT2D eigenvalue weighted by molar-refractivity contribution is 7.08. The Kier molecular flexibility index (Phi) is 3.59. The van der Waals surface area contributed by atoms with Crippen LogP contribution in [0.3, 0.4) is 0 Å². The zero-order valence-corrected chi connectivity index (χ0v) is 10.4. The van der Waals surface area contributed by atoms with Gasteiger partial charge in [-0.05, 0) is 40.1 Å². The van der Waals surface area contributed by atoms with Crippen LogP contribution in [0.2, 0.25) is 0 Å². The second kappa shape index (κ2) is 5.33. The normalized spacial score (nSPS) is 11.2. The minimum absolute atomic E-state index is 0.0393. The Morgan fingerprint density at radius 3 is 2.56 bits per heavy atom. The predicted molar refractivity (Wildman–Crippen MR) is 76.8 cm³/mol. The van der Waals surface area contributed by atoms with Gasteiger partial charge in [0.1, 0.15) is 0 Å². The molecule has 1 heterocycles. The van der Waals surface area contributed by atoms with E-state index in [2.05, 4.69) is 15.4 Å². The molecule has 0 saturated carbocycles. The minimum atomic E-state index is -0.106. The summed E-state index contributed by atoms with van der Waals surface area (Å²) in [7, 11) is 0. The Balaban J connectivity index is 2.31. The van der Waals surface area contributed by atoms with Crippen molar-refractivity contribution in [1.82, 2.24) is 0 Å². The number of rotatable bonds is 2. The molecule has 0 aliphatic carbocycles. The first-order valence-electron chi connectivity index (χ1n) is 5.21. The van der Waals surface area contributed by atoms with Crippen LogP contribution in [0.25, 0.3) is 11.1 Å². The Morgan fingerprint density at radius 2 is 1.89 bits per heavy atom. The van der Waals surface area contributed by atoms with Crippen molar-refractivity contribution >= 4 is 28.9 Å². The van der Waals surface area contributed by atoms with E-state index in [1.54, 1.807) is 11.3 Å². The summed E-state index contributed by atoms with van der Waals surface area (Å²) in [6.45, 7) is 0. The topological polar surface area (TPSA) is 103 Å². The summed E-state index contributed by atoms with van der Waals surface area (Å²) >= 11 is 1.65. The lowest BCUT2D eigenvalue weighted by Crippen LogP contribution is -2.26. The molecule has 1 aromatic heterocycles. The zero-order valence-electron chi connectivity index (χ0n) is 9.58. The lowest BCUT2D eigenvalue weighted by Gasteiger charge is -2.00. The fourth-order valence-corrected chi connectivity index (χ4v) is 2.14. The van der Waals surface area contributed by atoms with Crippen LogP contribution >= 0.6 is 11.3 Å². The fraction of sp³-hybridized carbons (Fsp3) is 0. The van der Waals surface area contributed by atoms with E-state index in [1.165, 1.54) is 0 Å². The van der Waals surface area contributed by atoms with Gasteiger partial charge in [-0.3, -0.25) is 0 Å². The van der Waals surface area contributed by atoms with Crippen molar-refractivity contribution in [3.63, 3.8) is 0 Å². The predicted octanol–water partition coefficient (Wildman–Crippen LogP) is 1.63. The van der Waals surface area contributed by atoms with Gasteiger partial charge in [-0.2, -0.15) is 16.3 Å². The monoisotopic (exact) mass is 259 g/mol. The number of nitrogens with two attached hydrogens (primary N) is 3. The summed E-state index contributed by atoms with van der Waals surface area (Å²) in [5.74, 6) is -0.0669. The van der Waals surface area contributed by atoms with Crippen molar-refractivity contribution < 1.29 is 0 Å². The van der Waals surface area contributed by atoms with Crippen molar-refractivity contribution in [2.24, 2.45) is 27.2 Å². The van der Waals surface area contributed by atoms with Gasteiger partial charge in [-0.1, -0.05) is 12.1 Å². The summed E-state index contributed by atoms with van der Waals surface area (Å²) in [5.41, 5.74) is 19.0. The van der Waals surface area contributed by atoms with Crippen molar-refractivity contribution in [3.8, 4) is 11.1 Å². The van der Waals surface area contributed by atoms with Gasteiger partial charge in [0.25, 0.3) is 0 Å². The molecule has 0 saturated heterocycles. The maximum Gasteiger partial charge on any atom is 0.223 e. The number of hydrogen-bond acceptors (Lipinski definition) is 2. The molecule has 92 valence electrons. The molecule has 0 atom stereocenters. The molecule has 0 aliphatic heterocycles. The summed E-state index contributed by atoms with van der Waals surface area (Å²) in [4.78, 5) is 7.79. The van der Waals surface area contributed by atoms with Gasteiger partial charge < -0.3 is 17.2 Å². The first kappa shape index (κ1) is 12.1. The molecule has 0 amide bonds. The summed E-state index contributed by atoms with van der Waals surface area (Å²) in [6, 6.07) is 9.74. The van der Waals surface area contributed by atoms with Crippen molar-refractivity contribution in [2.45, 2.75) is 0 Å². The Labute approximate surface area is 109 Å². The first-order chi connectivity index (χ1) is 8.65. The molecule has 1 aromatic carbocycles. The Hall–Kier alpha value is -2.34. The van der Waals surface area contributed by atoms with E-state index in [0.29, 0.717) is 5.69 Å². The van der Waals surface area contributed by atoms with Crippen LogP contribution in [0.15, 0.2) is 51.1 Å². The molecule has 0 fully saturated rings. The van der Waals surface area contributed by atoms with E-state index in [0.717, 1.165) is 11.1 Å². The fourth-order valence-electron chi connectivity index (χ4n) is 1.47. The molecule has 0 radical (unpaired) electrons. The highest BCUT2D eigenvalue weighted by Crippen LogP contribution is 2.25. The van der Waals surface area contributed by atoms with E-state index >= 15 is 0 Å². The van der Waals surface area contributed by atoms with Crippen LogP contribution < -0.4 is 17.2 Å². The SMILES string of the molecule is NC(N)=NC(N)=Nc1cccc(-c2ccsc2)c1. The number of nitrogens with zero attached hydrogens (tertiary/aromatic N) is 2. The minimum Gasteiger partial charge on any atom is -0.370 e. The Bertz CT molecular complexity index is 582. The van der Waals surface area contributed by atoms with Crippen LogP contribution in [0.1, 0.15) is 0 Å². The van der Waals surface area contributed by atoms with Crippen LogP contribution in [-0.4, -0.2) is 11.9 Å². The smallest absolute Gasteiger partial charge is 0.223 e. The second-order valence-electron chi connectivity index (χ2n) is 3.57. The van der Waals surface area contributed by atoms with E-state index in [-0.39, 0.29) is 11.9 Å². The number of benzene rings is 1. The van der Waals surface area contributed by atoms with Gasteiger partial charge in [0, 0.05) is 0 Å². The summed E-state index contributed by atoms with van der Waals surface area (Å²) in [5, 5.41) is 4.10. The molecule has 6 heteroatoms. The maximum absolute atomic E-state index is 5.58. The quantitative estimate of drug-likeness (QED) is 0.564. The van der Waals surface area contributed by atoms with E-state index < -0.39 is 0 Å². The third-order valence-corrected chi connectivity index (χ3v) is 2.87. The molecule has 6 N–H and O–H groups in total. The third kappa shape index (κ3) is 3.08. The van der Waals surface area contributed by atoms with Crippen molar-refractivity contribution in [2.75, 3.05) is 0 Å². The average Bonchev–Trinajstić information content (AvgIpc) is 2.81. The van der Waals surface area contributed by atoms with Crippen LogP contribution in [0.4, 0.5) is 5.69 Å². The van der Waals surface area contributed by atoms with Crippen LogP contribution in [0.5, 0.6) is 0 Å². The van der Waals surface area contributed by atoms with Gasteiger partial charge in [-0.25, -0.2) is 4.99 Å². The lowest BCUT2D eigenvalue weighted by molar-refractivity contribution is 1.38. The Morgan fingerprint density at radius 1 is 1.06 bits per heavy atom. The second-order valence-corrected chi connectivity index (χ2v) is 4.35. The zero-order chi connectivity index (χ0) is 13.0. The molecular weight excluding hydrogens is 246 g/mol. The standard InChI is InChI=1S/C12H13N5S/c13-11(14)17-12(15)16-10-3-1-2-8(6-10)9-4-5-18-7-9/h1-7H,(H6,13,14,15,16,17).